The van der Waals surface area contributed by atoms with E-state index in [1.807, 2.05) is 17.9 Å². The van der Waals surface area contributed by atoms with Crippen LogP contribution in [0.3, 0.4) is 0 Å². The lowest BCUT2D eigenvalue weighted by molar-refractivity contribution is 0.727. The van der Waals surface area contributed by atoms with E-state index in [0.717, 1.165) is 19.5 Å². The van der Waals surface area contributed by atoms with Crippen molar-refractivity contribution in [2.45, 2.75) is 39.2 Å². The molecule has 0 amide bonds. The normalized spacial score (nSPS) is 16.8. The van der Waals surface area contributed by atoms with Gasteiger partial charge in [-0.05, 0) is 19.8 Å². The van der Waals surface area contributed by atoms with Gasteiger partial charge in [0.1, 0.15) is 0 Å². The third-order valence-electron chi connectivity index (χ3n) is 3.19. The predicted molar refractivity (Wildman–Crippen MR) is 65.6 cm³/mol. The Bertz CT molecular complexity index is 378. The first kappa shape index (κ1) is 11.2. The zero-order chi connectivity index (χ0) is 11.4. The average molecular weight is 220 g/mol. The summed E-state index contributed by atoms with van der Waals surface area (Å²) in [5.41, 5.74) is 2.48. The van der Waals surface area contributed by atoms with E-state index in [9.17, 15) is 0 Å². The maximum Gasteiger partial charge on any atom is 0.0965 e. The number of hydrogen-bond donors (Lipinski definition) is 1. The van der Waals surface area contributed by atoms with Crippen molar-refractivity contribution in [2.24, 2.45) is 12.0 Å². The van der Waals surface area contributed by atoms with Gasteiger partial charge in [-0.3, -0.25) is 9.67 Å². The lowest BCUT2D eigenvalue weighted by atomic mass is 10.2. The van der Waals surface area contributed by atoms with Crippen LogP contribution in [0.5, 0.6) is 0 Å². The Kier molecular flexibility index (Phi) is 3.59. The van der Waals surface area contributed by atoms with Crippen LogP contribution >= 0.6 is 0 Å². The van der Waals surface area contributed by atoms with Crippen molar-refractivity contribution in [1.29, 1.82) is 0 Å². The first-order chi connectivity index (χ1) is 7.77. The number of rotatable bonds is 2. The lowest BCUT2D eigenvalue weighted by Crippen LogP contribution is -2.22. The summed E-state index contributed by atoms with van der Waals surface area (Å²) in [6.45, 7) is 3.92. The third kappa shape index (κ3) is 2.62. The van der Waals surface area contributed by atoms with Gasteiger partial charge in [0.15, 0.2) is 0 Å². The van der Waals surface area contributed by atoms with Crippen molar-refractivity contribution < 1.29 is 0 Å². The molecule has 0 aromatic carbocycles. The van der Waals surface area contributed by atoms with Crippen LogP contribution in [0, 0.1) is 6.92 Å². The summed E-state index contributed by atoms with van der Waals surface area (Å²) in [5, 5.41) is 7.66. The molecule has 88 valence electrons. The van der Waals surface area contributed by atoms with Crippen LogP contribution in [0.15, 0.2) is 11.2 Å². The Labute approximate surface area is 96.8 Å². The van der Waals surface area contributed by atoms with Gasteiger partial charge in [-0.2, -0.15) is 5.10 Å². The summed E-state index contributed by atoms with van der Waals surface area (Å²) in [4.78, 5) is 4.55. The van der Waals surface area contributed by atoms with Gasteiger partial charge in [-0.25, -0.2) is 0 Å². The fourth-order valence-corrected chi connectivity index (χ4v) is 1.93. The van der Waals surface area contributed by atoms with Gasteiger partial charge in [0.25, 0.3) is 0 Å². The van der Waals surface area contributed by atoms with Gasteiger partial charge in [0, 0.05) is 37.8 Å². The fourth-order valence-electron chi connectivity index (χ4n) is 1.93. The number of aromatic nitrogens is 2. The molecule has 2 heterocycles. The standard InChI is InChI=1S/C12H20N4/c1-10-11(9-15-16(10)2)8-14-12-6-4-3-5-7-13-12/h9H,3-8H2,1-2H3,(H,13,14). The van der Waals surface area contributed by atoms with E-state index in [1.54, 1.807) is 0 Å². The van der Waals surface area contributed by atoms with Crippen molar-refractivity contribution in [3.8, 4) is 0 Å². The molecule has 1 aliphatic heterocycles. The Hall–Kier alpha value is -1.32. The average Bonchev–Trinajstić information content (AvgIpc) is 2.53. The highest BCUT2D eigenvalue weighted by Gasteiger charge is 2.06. The van der Waals surface area contributed by atoms with Crippen LogP contribution in [-0.4, -0.2) is 22.2 Å². The molecule has 0 bridgehead atoms. The zero-order valence-corrected chi connectivity index (χ0v) is 10.2. The van der Waals surface area contributed by atoms with Gasteiger partial charge >= 0.3 is 0 Å². The van der Waals surface area contributed by atoms with Crippen LogP contribution < -0.4 is 5.32 Å². The molecule has 4 heteroatoms. The van der Waals surface area contributed by atoms with Gasteiger partial charge < -0.3 is 5.32 Å². The molecule has 0 spiro atoms. The number of aliphatic imine (C=N–C) groups is 1. The molecule has 0 saturated carbocycles. The highest BCUT2D eigenvalue weighted by Crippen LogP contribution is 2.08. The Morgan fingerprint density at radius 1 is 1.38 bits per heavy atom. The predicted octanol–water partition coefficient (Wildman–Crippen LogP) is 1.79. The van der Waals surface area contributed by atoms with Crippen LogP contribution in [0.2, 0.25) is 0 Å². The summed E-state index contributed by atoms with van der Waals surface area (Å²) >= 11 is 0. The quantitative estimate of drug-likeness (QED) is 0.825. The minimum atomic E-state index is 0.846. The SMILES string of the molecule is Cc1c(CNC2=NCCCCC2)cnn1C. The van der Waals surface area contributed by atoms with Gasteiger partial charge in [-0.15, -0.1) is 0 Å². The molecular formula is C12H20N4. The number of hydrogen-bond acceptors (Lipinski definition) is 3. The van der Waals surface area contributed by atoms with Crippen LogP contribution in [-0.2, 0) is 13.6 Å². The van der Waals surface area contributed by atoms with Crippen molar-refractivity contribution in [2.75, 3.05) is 6.54 Å². The Morgan fingerprint density at radius 2 is 2.25 bits per heavy atom. The molecule has 0 unspecified atom stereocenters. The van der Waals surface area contributed by atoms with Crippen molar-refractivity contribution in [3.63, 3.8) is 0 Å². The minimum Gasteiger partial charge on any atom is -0.370 e. The minimum absolute atomic E-state index is 0.846. The summed E-state index contributed by atoms with van der Waals surface area (Å²) < 4.78 is 1.91. The fraction of sp³-hybridized carbons (Fsp3) is 0.667. The molecule has 4 nitrogen and oxygen atoms in total. The van der Waals surface area contributed by atoms with Crippen LogP contribution in [0.4, 0.5) is 0 Å². The third-order valence-corrected chi connectivity index (χ3v) is 3.19. The first-order valence-corrected chi connectivity index (χ1v) is 6.02. The molecule has 0 aliphatic carbocycles. The molecule has 1 aliphatic rings. The smallest absolute Gasteiger partial charge is 0.0965 e. The summed E-state index contributed by atoms with van der Waals surface area (Å²) in [7, 11) is 1.97. The number of aryl methyl sites for hydroxylation is 1. The Balaban J connectivity index is 1.91. The van der Waals surface area contributed by atoms with Crippen molar-refractivity contribution in [3.05, 3.63) is 17.5 Å². The molecule has 1 aromatic heterocycles. The molecule has 1 aromatic rings. The van der Waals surface area contributed by atoms with Gasteiger partial charge in [-0.1, -0.05) is 6.42 Å². The summed E-state index contributed by atoms with van der Waals surface area (Å²) in [6.07, 6.45) is 6.83. The topological polar surface area (TPSA) is 42.2 Å². The van der Waals surface area contributed by atoms with Crippen molar-refractivity contribution >= 4 is 5.84 Å². The van der Waals surface area contributed by atoms with E-state index in [2.05, 4.69) is 22.3 Å². The van der Waals surface area contributed by atoms with E-state index in [4.69, 9.17) is 0 Å². The van der Waals surface area contributed by atoms with E-state index in [0.29, 0.717) is 0 Å². The molecule has 0 radical (unpaired) electrons. The Morgan fingerprint density at radius 3 is 3.00 bits per heavy atom. The van der Waals surface area contributed by atoms with Crippen LogP contribution in [0.25, 0.3) is 0 Å². The maximum atomic E-state index is 4.55. The molecule has 0 saturated heterocycles. The molecule has 2 rings (SSSR count). The molecule has 0 fully saturated rings. The van der Waals surface area contributed by atoms with Crippen LogP contribution in [0.1, 0.15) is 36.9 Å². The number of nitrogens with zero attached hydrogens (tertiary/aromatic N) is 3. The molecule has 1 N–H and O–H groups in total. The number of amidine groups is 1. The van der Waals surface area contributed by atoms with Gasteiger partial charge in [0.2, 0.25) is 0 Å². The second-order valence-electron chi connectivity index (χ2n) is 4.37. The molecular weight excluding hydrogens is 200 g/mol. The van der Waals surface area contributed by atoms with E-state index < -0.39 is 0 Å². The second kappa shape index (κ2) is 5.14. The second-order valence-corrected chi connectivity index (χ2v) is 4.37. The van der Waals surface area contributed by atoms with E-state index in [-0.39, 0.29) is 0 Å². The van der Waals surface area contributed by atoms with Crippen molar-refractivity contribution in [1.82, 2.24) is 15.1 Å². The highest BCUT2D eigenvalue weighted by atomic mass is 15.3. The first-order valence-electron chi connectivity index (χ1n) is 6.02. The molecule has 0 atom stereocenters. The summed E-state index contributed by atoms with van der Waals surface area (Å²) in [5.74, 6) is 1.17. The number of nitrogens with one attached hydrogen (secondary N) is 1. The van der Waals surface area contributed by atoms with E-state index >= 15 is 0 Å². The summed E-state index contributed by atoms with van der Waals surface area (Å²) in [6, 6.07) is 0. The van der Waals surface area contributed by atoms with Gasteiger partial charge in [0.05, 0.1) is 12.0 Å². The van der Waals surface area contributed by atoms with E-state index in [1.165, 1.54) is 36.4 Å². The largest absolute Gasteiger partial charge is 0.370 e. The maximum absolute atomic E-state index is 4.55. The monoisotopic (exact) mass is 220 g/mol. The zero-order valence-electron chi connectivity index (χ0n) is 10.2. The lowest BCUT2D eigenvalue weighted by Gasteiger charge is -2.07. The molecule has 16 heavy (non-hydrogen) atoms. The highest BCUT2D eigenvalue weighted by molar-refractivity contribution is 5.82.